The SMILES string of the molecule is CCCCCNc1nccc(OC)n1. The third-order valence-electron chi connectivity index (χ3n) is 1.90. The van der Waals surface area contributed by atoms with Gasteiger partial charge in [0.1, 0.15) is 0 Å². The van der Waals surface area contributed by atoms with Gasteiger partial charge in [-0.2, -0.15) is 4.98 Å². The zero-order valence-corrected chi connectivity index (χ0v) is 8.79. The number of hydrogen-bond acceptors (Lipinski definition) is 4. The van der Waals surface area contributed by atoms with Gasteiger partial charge in [-0.15, -0.1) is 0 Å². The van der Waals surface area contributed by atoms with Crippen molar-refractivity contribution in [2.45, 2.75) is 26.2 Å². The molecule has 1 rings (SSSR count). The number of nitrogens with one attached hydrogen (secondary N) is 1. The Morgan fingerprint density at radius 1 is 1.43 bits per heavy atom. The highest BCUT2D eigenvalue weighted by molar-refractivity contribution is 5.26. The van der Waals surface area contributed by atoms with E-state index < -0.39 is 0 Å². The van der Waals surface area contributed by atoms with Crippen LogP contribution in [0.5, 0.6) is 5.88 Å². The molecule has 0 aliphatic heterocycles. The Morgan fingerprint density at radius 2 is 2.29 bits per heavy atom. The molecule has 1 aromatic heterocycles. The maximum atomic E-state index is 4.99. The maximum Gasteiger partial charge on any atom is 0.225 e. The summed E-state index contributed by atoms with van der Waals surface area (Å²) in [4.78, 5) is 8.23. The van der Waals surface area contributed by atoms with Crippen molar-refractivity contribution < 1.29 is 4.74 Å². The van der Waals surface area contributed by atoms with Crippen molar-refractivity contribution in [3.63, 3.8) is 0 Å². The van der Waals surface area contributed by atoms with Crippen LogP contribution >= 0.6 is 0 Å². The van der Waals surface area contributed by atoms with Gasteiger partial charge in [-0.3, -0.25) is 0 Å². The first-order chi connectivity index (χ1) is 6.86. The molecule has 0 amide bonds. The van der Waals surface area contributed by atoms with E-state index >= 15 is 0 Å². The highest BCUT2D eigenvalue weighted by Crippen LogP contribution is 2.07. The highest BCUT2D eigenvalue weighted by Gasteiger charge is 1.96. The lowest BCUT2D eigenvalue weighted by Crippen LogP contribution is -2.05. The van der Waals surface area contributed by atoms with Gasteiger partial charge in [-0.05, 0) is 6.42 Å². The van der Waals surface area contributed by atoms with E-state index in [-0.39, 0.29) is 0 Å². The maximum absolute atomic E-state index is 4.99. The number of nitrogens with zero attached hydrogens (tertiary/aromatic N) is 2. The van der Waals surface area contributed by atoms with Crippen molar-refractivity contribution in [2.75, 3.05) is 19.0 Å². The van der Waals surface area contributed by atoms with Gasteiger partial charge in [0.25, 0.3) is 0 Å². The molecule has 0 saturated heterocycles. The molecular weight excluding hydrogens is 178 g/mol. The quantitative estimate of drug-likeness (QED) is 0.706. The van der Waals surface area contributed by atoms with Crippen molar-refractivity contribution in [3.05, 3.63) is 12.3 Å². The van der Waals surface area contributed by atoms with E-state index in [2.05, 4.69) is 22.2 Å². The Labute approximate surface area is 84.7 Å². The first kappa shape index (κ1) is 10.8. The average Bonchev–Trinajstić information content (AvgIpc) is 2.25. The smallest absolute Gasteiger partial charge is 0.225 e. The summed E-state index contributed by atoms with van der Waals surface area (Å²) in [7, 11) is 1.60. The molecule has 0 bridgehead atoms. The average molecular weight is 195 g/mol. The van der Waals surface area contributed by atoms with Gasteiger partial charge in [0.05, 0.1) is 7.11 Å². The zero-order chi connectivity index (χ0) is 10.2. The number of hydrogen-bond donors (Lipinski definition) is 1. The monoisotopic (exact) mass is 195 g/mol. The molecular formula is C10H17N3O. The lowest BCUT2D eigenvalue weighted by Gasteiger charge is -2.04. The molecule has 4 nitrogen and oxygen atoms in total. The third kappa shape index (κ3) is 3.60. The van der Waals surface area contributed by atoms with Crippen LogP contribution in [-0.2, 0) is 0 Å². The molecule has 0 fully saturated rings. The number of aromatic nitrogens is 2. The molecule has 0 unspecified atom stereocenters. The van der Waals surface area contributed by atoms with Crippen molar-refractivity contribution in [3.8, 4) is 5.88 Å². The first-order valence-corrected chi connectivity index (χ1v) is 4.97. The van der Waals surface area contributed by atoms with E-state index in [4.69, 9.17) is 4.74 Å². The topological polar surface area (TPSA) is 47.0 Å². The van der Waals surface area contributed by atoms with Crippen molar-refractivity contribution >= 4 is 5.95 Å². The number of unbranched alkanes of at least 4 members (excludes halogenated alkanes) is 2. The number of methoxy groups -OCH3 is 1. The Bertz CT molecular complexity index is 265. The second-order valence-corrected chi connectivity index (χ2v) is 3.06. The van der Waals surface area contributed by atoms with E-state index in [1.807, 2.05) is 0 Å². The van der Waals surface area contributed by atoms with Crippen LogP contribution in [0.4, 0.5) is 5.95 Å². The lowest BCUT2D eigenvalue weighted by molar-refractivity contribution is 0.397. The van der Waals surface area contributed by atoms with Gasteiger partial charge >= 0.3 is 0 Å². The van der Waals surface area contributed by atoms with Crippen molar-refractivity contribution in [2.24, 2.45) is 0 Å². The van der Waals surface area contributed by atoms with Gasteiger partial charge in [-0.1, -0.05) is 19.8 Å². The summed E-state index contributed by atoms with van der Waals surface area (Å²) in [5, 5.41) is 3.15. The van der Waals surface area contributed by atoms with Crippen LogP contribution in [0.15, 0.2) is 12.3 Å². The fourth-order valence-corrected chi connectivity index (χ4v) is 1.12. The van der Waals surface area contributed by atoms with Crippen LogP contribution in [-0.4, -0.2) is 23.6 Å². The number of anilines is 1. The minimum atomic E-state index is 0.595. The summed E-state index contributed by atoms with van der Waals surface area (Å²) in [5.74, 6) is 1.23. The summed E-state index contributed by atoms with van der Waals surface area (Å²) in [6.45, 7) is 3.10. The van der Waals surface area contributed by atoms with Crippen LogP contribution < -0.4 is 10.1 Å². The van der Waals surface area contributed by atoms with E-state index in [1.54, 1.807) is 19.4 Å². The molecule has 78 valence electrons. The molecule has 0 aliphatic rings. The summed E-state index contributed by atoms with van der Waals surface area (Å²) < 4.78 is 4.99. The first-order valence-electron chi connectivity index (χ1n) is 4.97. The largest absolute Gasteiger partial charge is 0.481 e. The molecule has 1 aromatic rings. The van der Waals surface area contributed by atoms with Gasteiger partial charge < -0.3 is 10.1 Å². The van der Waals surface area contributed by atoms with Crippen LogP contribution in [0, 0.1) is 0 Å². The van der Waals surface area contributed by atoms with E-state index in [0.717, 1.165) is 13.0 Å². The van der Waals surface area contributed by atoms with E-state index in [9.17, 15) is 0 Å². The fourth-order valence-electron chi connectivity index (χ4n) is 1.12. The summed E-state index contributed by atoms with van der Waals surface area (Å²) in [6, 6.07) is 1.73. The molecule has 14 heavy (non-hydrogen) atoms. The Kier molecular flexibility index (Phi) is 4.75. The minimum Gasteiger partial charge on any atom is -0.481 e. The zero-order valence-electron chi connectivity index (χ0n) is 8.79. The molecule has 0 aromatic carbocycles. The Morgan fingerprint density at radius 3 is 3.00 bits per heavy atom. The van der Waals surface area contributed by atoms with Gasteiger partial charge in [0.2, 0.25) is 11.8 Å². The molecule has 0 atom stereocenters. The van der Waals surface area contributed by atoms with Crippen LogP contribution in [0.2, 0.25) is 0 Å². The lowest BCUT2D eigenvalue weighted by atomic mass is 10.2. The summed E-state index contributed by atoms with van der Waals surface area (Å²) >= 11 is 0. The van der Waals surface area contributed by atoms with Crippen molar-refractivity contribution in [1.82, 2.24) is 9.97 Å². The second kappa shape index (κ2) is 6.18. The molecule has 0 saturated carbocycles. The highest BCUT2D eigenvalue weighted by atomic mass is 16.5. The van der Waals surface area contributed by atoms with Crippen LogP contribution in [0.3, 0.4) is 0 Å². The van der Waals surface area contributed by atoms with Crippen LogP contribution in [0.25, 0.3) is 0 Å². The van der Waals surface area contributed by atoms with E-state index in [1.165, 1.54) is 12.8 Å². The van der Waals surface area contributed by atoms with E-state index in [0.29, 0.717) is 11.8 Å². The fraction of sp³-hybridized carbons (Fsp3) is 0.600. The molecule has 0 radical (unpaired) electrons. The normalized spacial score (nSPS) is 9.86. The second-order valence-electron chi connectivity index (χ2n) is 3.06. The standard InChI is InChI=1S/C10H17N3O/c1-3-4-5-7-11-10-12-8-6-9(13-10)14-2/h6,8H,3-5,7H2,1-2H3,(H,11,12,13). The predicted octanol–water partition coefficient (Wildman–Crippen LogP) is 2.09. The molecule has 4 heteroatoms. The predicted molar refractivity (Wildman–Crippen MR) is 56.6 cm³/mol. The molecule has 0 aliphatic carbocycles. The molecule has 1 heterocycles. The van der Waals surface area contributed by atoms with Crippen LogP contribution in [0.1, 0.15) is 26.2 Å². The van der Waals surface area contributed by atoms with Gasteiger partial charge in [-0.25, -0.2) is 4.98 Å². The number of rotatable bonds is 6. The number of ether oxygens (including phenoxy) is 1. The van der Waals surface area contributed by atoms with Gasteiger partial charge in [0.15, 0.2) is 0 Å². The summed E-state index contributed by atoms with van der Waals surface area (Å²) in [6.07, 6.45) is 5.29. The third-order valence-corrected chi connectivity index (χ3v) is 1.90. The Balaban J connectivity index is 2.34. The summed E-state index contributed by atoms with van der Waals surface area (Å²) in [5.41, 5.74) is 0. The van der Waals surface area contributed by atoms with Crippen molar-refractivity contribution in [1.29, 1.82) is 0 Å². The molecule has 1 N–H and O–H groups in total. The molecule has 0 spiro atoms. The minimum absolute atomic E-state index is 0.595. The van der Waals surface area contributed by atoms with Gasteiger partial charge in [0, 0.05) is 18.8 Å². The Hall–Kier alpha value is -1.32.